The summed E-state index contributed by atoms with van der Waals surface area (Å²) in [6, 6.07) is 12.0. The molecular weight excluding hydrogens is 286 g/mol. The van der Waals surface area contributed by atoms with Crippen LogP contribution in [-0.2, 0) is 16.4 Å². The summed E-state index contributed by atoms with van der Waals surface area (Å²) in [7, 11) is -1.12. The van der Waals surface area contributed by atoms with E-state index in [0.717, 1.165) is 22.1 Å². The van der Waals surface area contributed by atoms with Gasteiger partial charge in [-0.05, 0) is 23.9 Å². The van der Waals surface area contributed by atoms with Gasteiger partial charge in [0.15, 0.2) is 9.84 Å². The Morgan fingerprint density at radius 3 is 2.62 bits per heavy atom. The fourth-order valence-corrected chi connectivity index (χ4v) is 2.86. The number of rotatable bonds is 7. The summed E-state index contributed by atoms with van der Waals surface area (Å²) in [4.78, 5) is 0. The average Bonchev–Trinajstić information content (AvgIpc) is 2.49. The van der Waals surface area contributed by atoms with Gasteiger partial charge in [0.1, 0.15) is 12.4 Å². The van der Waals surface area contributed by atoms with Crippen LogP contribution in [0.3, 0.4) is 0 Å². The maximum atomic E-state index is 11.5. The molecule has 0 unspecified atom stereocenters. The van der Waals surface area contributed by atoms with E-state index in [1.165, 1.54) is 0 Å². The maximum Gasteiger partial charge on any atom is 0.153 e. The number of benzene rings is 2. The molecule has 0 spiro atoms. The molecule has 0 atom stereocenters. The van der Waals surface area contributed by atoms with Gasteiger partial charge in [-0.3, -0.25) is 0 Å². The number of sulfone groups is 1. The zero-order valence-corrected chi connectivity index (χ0v) is 13.2. The monoisotopic (exact) mass is 307 g/mol. The maximum absolute atomic E-state index is 11.5. The van der Waals surface area contributed by atoms with Gasteiger partial charge in [-0.25, -0.2) is 8.42 Å². The van der Waals surface area contributed by atoms with Crippen LogP contribution in [0.25, 0.3) is 10.8 Å². The van der Waals surface area contributed by atoms with Gasteiger partial charge in [0.2, 0.25) is 0 Å². The summed E-state index contributed by atoms with van der Waals surface area (Å²) in [6.45, 7) is 2.51. The Bertz CT molecular complexity index is 711. The molecule has 1 N–H and O–H groups in total. The molecule has 0 bridgehead atoms. The normalized spacial score (nSPS) is 11.7. The van der Waals surface area contributed by atoms with Crippen LogP contribution < -0.4 is 10.1 Å². The van der Waals surface area contributed by atoms with Crippen molar-refractivity contribution < 1.29 is 13.2 Å². The van der Waals surface area contributed by atoms with Crippen molar-refractivity contribution in [1.29, 1.82) is 0 Å². The van der Waals surface area contributed by atoms with Crippen LogP contribution in [0.15, 0.2) is 36.4 Å². The second-order valence-electron chi connectivity index (χ2n) is 4.88. The molecule has 0 aliphatic carbocycles. The van der Waals surface area contributed by atoms with E-state index in [2.05, 4.69) is 17.4 Å². The Morgan fingerprint density at radius 1 is 1.14 bits per heavy atom. The zero-order valence-electron chi connectivity index (χ0n) is 12.4. The van der Waals surface area contributed by atoms with Gasteiger partial charge in [0.25, 0.3) is 0 Å². The minimum Gasteiger partial charge on any atom is -0.492 e. The summed E-state index contributed by atoms with van der Waals surface area (Å²) >= 11 is 0. The van der Waals surface area contributed by atoms with Gasteiger partial charge in [0, 0.05) is 17.9 Å². The SMILES string of the molecule is CCS(=O)(=O)CCOc1ccc2ccccc2c1CNC. The summed E-state index contributed by atoms with van der Waals surface area (Å²) in [5.74, 6) is 0.946. The number of hydrogen-bond donors (Lipinski definition) is 1. The van der Waals surface area contributed by atoms with Crippen LogP contribution in [0.5, 0.6) is 5.75 Å². The number of nitrogens with one attached hydrogen (secondary N) is 1. The van der Waals surface area contributed by atoms with Gasteiger partial charge >= 0.3 is 0 Å². The van der Waals surface area contributed by atoms with Gasteiger partial charge in [-0.15, -0.1) is 0 Å². The lowest BCUT2D eigenvalue weighted by molar-refractivity contribution is 0.337. The highest BCUT2D eigenvalue weighted by Crippen LogP contribution is 2.28. The predicted molar refractivity (Wildman–Crippen MR) is 86.5 cm³/mol. The molecule has 0 saturated carbocycles. The summed E-state index contributed by atoms with van der Waals surface area (Å²) in [5, 5.41) is 5.41. The Hall–Kier alpha value is -1.59. The largest absolute Gasteiger partial charge is 0.492 e. The van der Waals surface area contributed by atoms with E-state index in [9.17, 15) is 8.42 Å². The molecule has 0 radical (unpaired) electrons. The molecule has 2 aromatic carbocycles. The van der Waals surface area contributed by atoms with Crippen LogP contribution >= 0.6 is 0 Å². The van der Waals surface area contributed by atoms with E-state index in [1.54, 1.807) is 6.92 Å². The minimum atomic E-state index is -3.00. The highest BCUT2D eigenvalue weighted by molar-refractivity contribution is 7.91. The van der Waals surface area contributed by atoms with Gasteiger partial charge < -0.3 is 10.1 Å². The first-order chi connectivity index (χ1) is 10.1. The third kappa shape index (κ3) is 3.95. The van der Waals surface area contributed by atoms with E-state index in [-0.39, 0.29) is 18.1 Å². The van der Waals surface area contributed by atoms with E-state index in [4.69, 9.17) is 4.74 Å². The Morgan fingerprint density at radius 2 is 1.90 bits per heavy atom. The molecule has 114 valence electrons. The second kappa shape index (κ2) is 6.91. The molecule has 5 heteroatoms. The first-order valence-electron chi connectivity index (χ1n) is 7.06. The summed E-state index contributed by atoms with van der Waals surface area (Å²) < 4.78 is 28.8. The van der Waals surface area contributed by atoms with Gasteiger partial charge in [-0.2, -0.15) is 0 Å². The van der Waals surface area contributed by atoms with E-state index in [1.807, 2.05) is 31.3 Å². The van der Waals surface area contributed by atoms with Crippen LogP contribution in [0.4, 0.5) is 0 Å². The number of ether oxygens (including phenoxy) is 1. The van der Waals surface area contributed by atoms with Crippen LogP contribution in [0.1, 0.15) is 12.5 Å². The lowest BCUT2D eigenvalue weighted by Gasteiger charge is -2.14. The number of fused-ring (bicyclic) bond motifs is 1. The summed E-state index contributed by atoms with van der Waals surface area (Å²) in [5.41, 5.74) is 1.06. The predicted octanol–water partition coefficient (Wildman–Crippen LogP) is 2.37. The highest BCUT2D eigenvalue weighted by Gasteiger charge is 2.11. The zero-order chi connectivity index (χ0) is 15.3. The molecule has 2 rings (SSSR count). The second-order valence-corrected chi connectivity index (χ2v) is 7.35. The molecule has 0 fully saturated rings. The van der Waals surface area contributed by atoms with Crippen LogP contribution in [-0.4, -0.2) is 33.6 Å². The molecule has 0 aliphatic rings. The van der Waals surface area contributed by atoms with Crippen LogP contribution in [0.2, 0.25) is 0 Å². The Kier molecular flexibility index (Phi) is 5.20. The molecular formula is C16H21NO3S. The van der Waals surface area contributed by atoms with Crippen molar-refractivity contribution in [3.05, 3.63) is 42.0 Å². The van der Waals surface area contributed by atoms with Crippen molar-refractivity contribution in [2.45, 2.75) is 13.5 Å². The Balaban J connectivity index is 2.24. The van der Waals surface area contributed by atoms with E-state index < -0.39 is 9.84 Å². The molecule has 0 amide bonds. The van der Waals surface area contributed by atoms with E-state index >= 15 is 0 Å². The van der Waals surface area contributed by atoms with Gasteiger partial charge in [-0.1, -0.05) is 37.3 Å². The average molecular weight is 307 g/mol. The highest BCUT2D eigenvalue weighted by atomic mass is 32.2. The summed E-state index contributed by atoms with van der Waals surface area (Å²) in [6.07, 6.45) is 0. The minimum absolute atomic E-state index is 0.0509. The lowest BCUT2D eigenvalue weighted by Crippen LogP contribution is -2.16. The quantitative estimate of drug-likeness (QED) is 0.853. The van der Waals surface area contributed by atoms with Crippen molar-refractivity contribution in [1.82, 2.24) is 5.32 Å². The standard InChI is InChI=1S/C16H21NO3S/c1-3-21(18,19)11-10-20-16-9-8-13-6-4-5-7-14(13)15(16)12-17-2/h4-9,17H,3,10-12H2,1-2H3. The topological polar surface area (TPSA) is 55.4 Å². The molecule has 0 heterocycles. The van der Waals surface area contributed by atoms with Crippen molar-refractivity contribution in [2.75, 3.05) is 25.2 Å². The Labute approximate surface area is 126 Å². The van der Waals surface area contributed by atoms with Crippen LogP contribution in [0, 0.1) is 0 Å². The first-order valence-corrected chi connectivity index (χ1v) is 8.88. The smallest absolute Gasteiger partial charge is 0.153 e. The molecule has 4 nitrogen and oxygen atoms in total. The molecule has 21 heavy (non-hydrogen) atoms. The molecule has 0 saturated heterocycles. The van der Waals surface area contributed by atoms with Crippen molar-refractivity contribution in [3.63, 3.8) is 0 Å². The number of hydrogen-bond acceptors (Lipinski definition) is 4. The first kappa shape index (κ1) is 15.8. The molecule has 0 aromatic heterocycles. The lowest BCUT2D eigenvalue weighted by atomic mass is 10.0. The third-order valence-corrected chi connectivity index (χ3v) is 5.11. The third-order valence-electron chi connectivity index (χ3n) is 3.44. The van der Waals surface area contributed by atoms with E-state index in [0.29, 0.717) is 6.54 Å². The molecule has 0 aliphatic heterocycles. The van der Waals surface area contributed by atoms with Crippen molar-refractivity contribution in [3.8, 4) is 5.75 Å². The van der Waals surface area contributed by atoms with Crippen molar-refractivity contribution in [2.24, 2.45) is 0 Å². The fraction of sp³-hybridized carbons (Fsp3) is 0.375. The van der Waals surface area contributed by atoms with Crippen molar-refractivity contribution >= 4 is 20.6 Å². The fourth-order valence-electron chi connectivity index (χ4n) is 2.23. The van der Waals surface area contributed by atoms with Gasteiger partial charge in [0.05, 0.1) is 5.75 Å². The molecule has 2 aromatic rings.